The van der Waals surface area contributed by atoms with Crippen LogP contribution in [0, 0.1) is 5.92 Å². The third kappa shape index (κ3) is 13.6. The molecule has 5 atom stereocenters. The lowest BCUT2D eigenvalue weighted by Gasteiger charge is -2.28. The van der Waals surface area contributed by atoms with Gasteiger partial charge < -0.3 is 28.7 Å². The first-order chi connectivity index (χ1) is 16.4. The predicted octanol–water partition coefficient (Wildman–Crippen LogP) is 6.68. The maximum Gasteiger partial charge on any atom is 0.324 e. The molecule has 1 aliphatic rings. The van der Waals surface area contributed by atoms with Gasteiger partial charge in [0.2, 0.25) is 0 Å². The average Bonchev–Trinajstić information content (AvgIpc) is 3.11. The van der Waals surface area contributed by atoms with Crippen LogP contribution in [0.25, 0.3) is 0 Å². The molecule has 9 heteroatoms. The van der Waals surface area contributed by atoms with Crippen LogP contribution in [0.15, 0.2) is 0 Å². The highest BCUT2D eigenvalue weighted by Gasteiger charge is 2.46. The first kappa shape index (κ1) is 32.4. The second-order valence-corrected chi connectivity index (χ2v) is 12.9. The minimum absolute atomic E-state index is 0.00326. The Balaban J connectivity index is 2.23. The average molecular weight is 540 g/mol. The van der Waals surface area contributed by atoms with Gasteiger partial charge in [-0.3, -0.25) is 0 Å². The topological polar surface area (TPSA) is 69.2 Å². The van der Waals surface area contributed by atoms with Gasteiger partial charge in [0.05, 0.1) is 17.6 Å². The van der Waals surface area contributed by atoms with Crippen LogP contribution in [-0.4, -0.2) is 56.1 Å². The van der Waals surface area contributed by atoms with Crippen molar-refractivity contribution in [1.29, 1.82) is 0 Å². The van der Waals surface area contributed by atoms with E-state index in [1.54, 1.807) is 14.2 Å². The molecule has 6 nitrogen and oxygen atoms in total. The highest BCUT2D eigenvalue weighted by atomic mass is 32.5. The molecule has 0 aromatic carbocycles. The Bertz CT molecular complexity index is 584. The third-order valence-corrected chi connectivity index (χ3v) is 8.73. The van der Waals surface area contributed by atoms with Crippen LogP contribution in [0.2, 0.25) is 0 Å². The van der Waals surface area contributed by atoms with Crippen molar-refractivity contribution in [1.82, 2.24) is 5.32 Å². The molecule has 34 heavy (non-hydrogen) atoms. The van der Waals surface area contributed by atoms with E-state index in [4.69, 9.17) is 42.5 Å². The largest absolute Gasteiger partial charge is 0.384 e. The summed E-state index contributed by atoms with van der Waals surface area (Å²) in [6.45, 7) is -0.536. The summed E-state index contributed by atoms with van der Waals surface area (Å²) in [7, 11) is 4.67. The zero-order valence-corrected chi connectivity index (χ0v) is 24.5. The van der Waals surface area contributed by atoms with Gasteiger partial charge >= 0.3 is 6.72 Å². The van der Waals surface area contributed by atoms with Crippen molar-refractivity contribution in [2.45, 2.75) is 121 Å². The summed E-state index contributed by atoms with van der Waals surface area (Å²) in [5.74, 6) is 0.0382. The van der Waals surface area contributed by atoms with E-state index in [9.17, 15) is 4.89 Å². The van der Waals surface area contributed by atoms with E-state index in [1.807, 2.05) is 0 Å². The molecule has 1 saturated carbocycles. The molecule has 1 aliphatic carbocycles. The van der Waals surface area contributed by atoms with Crippen molar-refractivity contribution in [2.24, 2.45) is 5.92 Å². The highest BCUT2D eigenvalue weighted by molar-refractivity contribution is 8.07. The van der Waals surface area contributed by atoms with E-state index in [-0.39, 0.29) is 18.1 Å². The van der Waals surface area contributed by atoms with E-state index < -0.39 is 12.8 Å². The molecule has 0 bridgehead atoms. The molecule has 0 saturated heterocycles. The minimum Gasteiger partial charge on any atom is -0.384 e. The van der Waals surface area contributed by atoms with Crippen molar-refractivity contribution in [3.63, 3.8) is 0 Å². The van der Waals surface area contributed by atoms with Crippen molar-refractivity contribution >= 4 is 35.7 Å². The number of thiocarbonyl (C=S) groups is 1. The van der Waals surface area contributed by atoms with Gasteiger partial charge in [-0.25, -0.2) is 0 Å². The van der Waals surface area contributed by atoms with Crippen molar-refractivity contribution < 1.29 is 23.4 Å². The van der Waals surface area contributed by atoms with Gasteiger partial charge in [-0.15, -0.1) is 0 Å². The molecule has 0 spiro atoms. The molecule has 0 aromatic heterocycles. The van der Waals surface area contributed by atoms with Crippen LogP contribution >= 0.6 is 18.9 Å². The predicted molar refractivity (Wildman–Crippen MR) is 149 cm³/mol. The number of nitrogens with one attached hydrogen (secondary N) is 1. The van der Waals surface area contributed by atoms with Gasteiger partial charge in [-0.2, -0.15) is 0 Å². The summed E-state index contributed by atoms with van der Waals surface area (Å²) < 4.78 is 21.9. The molecule has 202 valence electrons. The number of hydrogen-bond donors (Lipinski definition) is 2. The van der Waals surface area contributed by atoms with Gasteiger partial charge in [0, 0.05) is 27.2 Å². The van der Waals surface area contributed by atoms with E-state index >= 15 is 0 Å². The van der Waals surface area contributed by atoms with Crippen molar-refractivity contribution in [3.8, 4) is 0 Å². The SMILES string of the molecule is CCCCCCCCCCCCCCCC(=S)N[C@@H]1C[C@H](COC)[C@H](OP(O)(=S)OC)C1OC. The van der Waals surface area contributed by atoms with Crippen molar-refractivity contribution in [3.05, 3.63) is 0 Å². The lowest BCUT2D eigenvalue weighted by atomic mass is 10.0. The standard InChI is InChI=1S/C25H50NO5PS2/c1-5-6-7-8-9-10-11-12-13-14-15-16-17-18-23(33)26-22-19-21(20-28-2)24(25(22)29-3)31-32(27,34)30-4/h21-22,24-25H,5-20H2,1-4H3,(H,26,33)(H,27,34)/t21-,22-,24+,25?,32?/m1/s1. The zero-order valence-electron chi connectivity index (χ0n) is 22.0. The Morgan fingerprint density at radius 2 is 1.41 bits per heavy atom. The Kier molecular flexibility index (Phi) is 18.5. The first-order valence-corrected chi connectivity index (χ1v) is 16.3. The molecule has 1 fully saturated rings. The summed E-state index contributed by atoms with van der Waals surface area (Å²) in [4.78, 5) is 11.0. The fourth-order valence-corrected chi connectivity index (χ4v) is 6.11. The smallest absolute Gasteiger partial charge is 0.324 e. The molecule has 1 rings (SSSR count). The molecule has 0 aromatic rings. The van der Waals surface area contributed by atoms with Crippen LogP contribution in [0.5, 0.6) is 0 Å². The lowest BCUT2D eigenvalue weighted by molar-refractivity contribution is -0.0206. The Labute approximate surface area is 219 Å². The van der Waals surface area contributed by atoms with E-state index in [2.05, 4.69) is 12.2 Å². The maximum absolute atomic E-state index is 10.2. The van der Waals surface area contributed by atoms with Gasteiger partial charge in [-0.05, 0) is 31.1 Å². The maximum atomic E-state index is 10.2. The molecule has 2 N–H and O–H groups in total. The minimum atomic E-state index is -3.30. The Hall–Kier alpha value is 0.340. The van der Waals surface area contributed by atoms with E-state index in [0.717, 1.165) is 24.3 Å². The summed E-state index contributed by atoms with van der Waals surface area (Å²) in [5.41, 5.74) is 0. The van der Waals surface area contributed by atoms with E-state index in [1.165, 1.54) is 84.2 Å². The van der Waals surface area contributed by atoms with Gasteiger partial charge in [0.15, 0.2) is 0 Å². The second-order valence-electron chi connectivity index (χ2n) is 9.54. The third-order valence-electron chi connectivity index (χ3n) is 6.73. The molecule has 0 aliphatic heterocycles. The summed E-state index contributed by atoms with van der Waals surface area (Å²) >= 11 is 10.7. The molecule has 0 radical (unpaired) electrons. The van der Waals surface area contributed by atoms with Crippen LogP contribution in [0.3, 0.4) is 0 Å². The van der Waals surface area contributed by atoms with Crippen LogP contribution in [0.4, 0.5) is 0 Å². The molecule has 0 heterocycles. The number of methoxy groups -OCH3 is 2. The van der Waals surface area contributed by atoms with Crippen LogP contribution in [-0.2, 0) is 30.3 Å². The molecular weight excluding hydrogens is 489 g/mol. The fraction of sp³-hybridized carbons (Fsp3) is 0.960. The lowest BCUT2D eigenvalue weighted by Crippen LogP contribution is -2.44. The number of unbranched alkanes of at least 4 members (excludes halogenated alkanes) is 12. The first-order valence-electron chi connectivity index (χ1n) is 13.3. The summed E-state index contributed by atoms with van der Waals surface area (Å²) in [6.07, 6.45) is 18.4. The Morgan fingerprint density at radius 3 is 1.88 bits per heavy atom. The van der Waals surface area contributed by atoms with Gasteiger partial charge in [0.25, 0.3) is 0 Å². The van der Waals surface area contributed by atoms with Gasteiger partial charge in [0.1, 0.15) is 12.2 Å². The monoisotopic (exact) mass is 539 g/mol. The number of hydrogen-bond acceptors (Lipinski definition) is 6. The van der Waals surface area contributed by atoms with E-state index in [0.29, 0.717) is 6.61 Å². The fourth-order valence-electron chi connectivity index (χ4n) is 4.83. The number of rotatable bonds is 21. The summed E-state index contributed by atoms with van der Waals surface area (Å²) in [6, 6.07) is -0.00326. The normalized spacial score (nSPS) is 24.3. The summed E-state index contributed by atoms with van der Waals surface area (Å²) in [5, 5.41) is 3.47. The zero-order chi connectivity index (χ0) is 25.2. The number of ether oxygens (including phenoxy) is 2. The highest BCUT2D eigenvalue weighted by Crippen LogP contribution is 2.48. The second kappa shape index (κ2) is 19.5. The molecule has 2 unspecified atom stereocenters. The van der Waals surface area contributed by atoms with Crippen molar-refractivity contribution in [2.75, 3.05) is 27.9 Å². The van der Waals surface area contributed by atoms with Crippen LogP contribution < -0.4 is 5.32 Å². The molecular formula is C25H50NO5PS2. The Morgan fingerprint density at radius 1 is 0.882 bits per heavy atom. The van der Waals surface area contributed by atoms with Crippen LogP contribution in [0.1, 0.15) is 103 Å². The molecule has 0 amide bonds. The quantitative estimate of drug-likeness (QED) is 0.0951. The van der Waals surface area contributed by atoms with Gasteiger partial charge in [-0.1, -0.05) is 96.2 Å².